The summed E-state index contributed by atoms with van der Waals surface area (Å²) in [7, 11) is 4.58. The highest BCUT2D eigenvalue weighted by Crippen LogP contribution is 2.28. The van der Waals surface area contributed by atoms with Crippen LogP contribution in [0.2, 0.25) is 0 Å². The lowest BCUT2D eigenvalue weighted by atomic mass is 9.98. The largest absolute Gasteiger partial charge is 0.493 e. The molecule has 0 fully saturated rings. The number of amides is 1. The van der Waals surface area contributed by atoms with Gasteiger partial charge in [0, 0.05) is 13.5 Å². The summed E-state index contributed by atoms with van der Waals surface area (Å²) in [4.78, 5) is 23.1. The molecule has 1 atom stereocenters. The number of carboxylic acid groups (broad SMARTS) is 1. The Kier molecular flexibility index (Phi) is 7.51. The van der Waals surface area contributed by atoms with Gasteiger partial charge in [0.05, 0.1) is 32.8 Å². The van der Waals surface area contributed by atoms with Crippen molar-refractivity contribution in [2.75, 3.05) is 27.9 Å². The van der Waals surface area contributed by atoms with E-state index in [1.807, 2.05) is 12.1 Å². The van der Waals surface area contributed by atoms with Crippen molar-refractivity contribution in [3.63, 3.8) is 0 Å². The number of hydrogen-bond acceptors (Lipinski definition) is 5. The van der Waals surface area contributed by atoms with Gasteiger partial charge in [-0.15, -0.1) is 0 Å². The highest BCUT2D eigenvalue weighted by molar-refractivity contribution is 5.78. The number of benzene rings is 1. The highest BCUT2D eigenvalue weighted by atomic mass is 16.5. The van der Waals surface area contributed by atoms with Crippen LogP contribution in [0.15, 0.2) is 18.2 Å². The van der Waals surface area contributed by atoms with E-state index in [2.05, 4.69) is 5.32 Å². The van der Waals surface area contributed by atoms with Crippen LogP contribution >= 0.6 is 0 Å². The lowest BCUT2D eigenvalue weighted by Crippen LogP contribution is -2.50. The van der Waals surface area contributed by atoms with E-state index in [-0.39, 0.29) is 25.4 Å². The lowest BCUT2D eigenvalue weighted by molar-refractivity contribution is -0.139. The molecule has 0 heterocycles. The molecule has 134 valence electrons. The Morgan fingerprint density at radius 3 is 2.38 bits per heavy atom. The molecule has 0 bridgehead atoms. The normalized spacial score (nSPS) is 13.0. The minimum atomic E-state index is -0.991. The van der Waals surface area contributed by atoms with E-state index < -0.39 is 11.5 Å². The van der Waals surface area contributed by atoms with Crippen molar-refractivity contribution < 1.29 is 28.9 Å². The molecule has 2 N–H and O–H groups in total. The summed E-state index contributed by atoms with van der Waals surface area (Å²) in [5.41, 5.74) is -0.00981. The zero-order valence-corrected chi connectivity index (χ0v) is 14.5. The summed E-state index contributed by atoms with van der Waals surface area (Å²) < 4.78 is 15.4. The van der Waals surface area contributed by atoms with Crippen molar-refractivity contribution >= 4 is 11.9 Å². The van der Waals surface area contributed by atoms with Crippen molar-refractivity contribution in [1.29, 1.82) is 0 Å². The van der Waals surface area contributed by atoms with Gasteiger partial charge >= 0.3 is 5.97 Å². The Balaban J connectivity index is 2.66. The van der Waals surface area contributed by atoms with E-state index in [1.54, 1.807) is 27.2 Å². The standard InChI is InChI=1S/C17H25NO6/c1-17(11-22-2,10-16(20)21)18-15(19)8-6-12-5-7-13(23-3)14(9-12)24-4/h5,7,9H,6,8,10-11H2,1-4H3,(H,18,19)(H,20,21). The lowest BCUT2D eigenvalue weighted by Gasteiger charge is -2.28. The van der Waals surface area contributed by atoms with E-state index in [4.69, 9.17) is 19.3 Å². The van der Waals surface area contributed by atoms with E-state index in [9.17, 15) is 9.59 Å². The average Bonchev–Trinajstić information content (AvgIpc) is 2.51. The molecule has 24 heavy (non-hydrogen) atoms. The maximum Gasteiger partial charge on any atom is 0.305 e. The number of aliphatic carboxylic acids is 1. The quantitative estimate of drug-likeness (QED) is 0.673. The molecular formula is C17H25NO6. The van der Waals surface area contributed by atoms with Gasteiger partial charge in [-0.2, -0.15) is 0 Å². The molecule has 1 rings (SSSR count). The van der Waals surface area contributed by atoms with Gasteiger partial charge in [-0.05, 0) is 31.0 Å². The minimum absolute atomic E-state index is 0.126. The first-order valence-electron chi connectivity index (χ1n) is 7.56. The molecule has 0 aliphatic rings. The van der Waals surface area contributed by atoms with Gasteiger partial charge in [-0.1, -0.05) is 6.07 Å². The van der Waals surface area contributed by atoms with Crippen LogP contribution in [0.5, 0.6) is 11.5 Å². The maximum absolute atomic E-state index is 12.2. The monoisotopic (exact) mass is 339 g/mol. The summed E-state index contributed by atoms with van der Waals surface area (Å²) >= 11 is 0. The second kappa shape index (κ2) is 9.12. The number of rotatable bonds is 10. The Morgan fingerprint density at radius 1 is 1.17 bits per heavy atom. The van der Waals surface area contributed by atoms with Crippen LogP contribution in [0.3, 0.4) is 0 Å². The SMILES string of the molecule is COCC(C)(CC(=O)O)NC(=O)CCc1ccc(OC)c(OC)c1. The van der Waals surface area contributed by atoms with E-state index in [0.29, 0.717) is 17.9 Å². The fourth-order valence-electron chi connectivity index (χ4n) is 2.48. The number of aryl methyl sites for hydroxylation is 1. The molecule has 1 aromatic rings. The predicted molar refractivity (Wildman–Crippen MR) is 88.5 cm³/mol. The molecule has 0 radical (unpaired) electrons. The Labute approximate surface area is 141 Å². The van der Waals surface area contributed by atoms with Gasteiger partial charge < -0.3 is 24.6 Å². The van der Waals surface area contributed by atoms with Crippen molar-refractivity contribution in [2.45, 2.75) is 31.7 Å². The summed E-state index contributed by atoms with van der Waals surface area (Å²) in [6, 6.07) is 5.46. The van der Waals surface area contributed by atoms with Crippen molar-refractivity contribution in [3.8, 4) is 11.5 Å². The Bertz CT molecular complexity index is 574. The fraction of sp³-hybridized carbons (Fsp3) is 0.529. The van der Waals surface area contributed by atoms with Crippen LogP contribution in [0.1, 0.15) is 25.3 Å². The van der Waals surface area contributed by atoms with Crippen LogP contribution in [0.25, 0.3) is 0 Å². The number of nitrogens with one attached hydrogen (secondary N) is 1. The van der Waals surface area contributed by atoms with Gasteiger partial charge in [0.1, 0.15) is 0 Å². The van der Waals surface area contributed by atoms with Crippen molar-refractivity contribution in [3.05, 3.63) is 23.8 Å². The molecule has 1 aromatic carbocycles. The van der Waals surface area contributed by atoms with Gasteiger partial charge in [-0.25, -0.2) is 0 Å². The smallest absolute Gasteiger partial charge is 0.305 e. The first-order valence-corrected chi connectivity index (χ1v) is 7.56. The van der Waals surface area contributed by atoms with Gasteiger partial charge in [0.25, 0.3) is 0 Å². The molecule has 0 aromatic heterocycles. The summed E-state index contributed by atoms with van der Waals surface area (Å²) in [5.74, 6) is 0.00524. The zero-order chi connectivity index (χ0) is 18.2. The molecule has 0 spiro atoms. The van der Waals surface area contributed by atoms with Crippen LogP contribution in [-0.4, -0.2) is 50.5 Å². The Morgan fingerprint density at radius 2 is 1.83 bits per heavy atom. The van der Waals surface area contributed by atoms with Gasteiger partial charge in [-0.3, -0.25) is 9.59 Å². The first kappa shape index (κ1) is 19.8. The summed E-state index contributed by atoms with van der Waals surface area (Å²) in [6.07, 6.45) is 0.527. The van der Waals surface area contributed by atoms with Crippen LogP contribution < -0.4 is 14.8 Å². The van der Waals surface area contributed by atoms with Gasteiger partial charge in [0.2, 0.25) is 5.91 Å². The van der Waals surface area contributed by atoms with Crippen LogP contribution in [-0.2, 0) is 20.7 Å². The minimum Gasteiger partial charge on any atom is -0.493 e. The molecular weight excluding hydrogens is 314 g/mol. The van der Waals surface area contributed by atoms with Gasteiger partial charge in [0.15, 0.2) is 11.5 Å². The van der Waals surface area contributed by atoms with Crippen molar-refractivity contribution in [2.24, 2.45) is 0 Å². The number of carbonyl (C=O) groups is 2. The summed E-state index contributed by atoms with van der Waals surface area (Å²) in [5, 5.41) is 11.7. The number of carbonyl (C=O) groups excluding carboxylic acids is 1. The second-order valence-corrected chi connectivity index (χ2v) is 5.80. The average molecular weight is 339 g/mol. The van der Waals surface area contributed by atoms with E-state index in [1.165, 1.54) is 7.11 Å². The Hall–Kier alpha value is -2.28. The van der Waals surface area contributed by atoms with E-state index >= 15 is 0 Å². The van der Waals surface area contributed by atoms with Crippen LogP contribution in [0.4, 0.5) is 0 Å². The molecule has 7 nitrogen and oxygen atoms in total. The molecule has 1 unspecified atom stereocenters. The molecule has 7 heteroatoms. The molecule has 0 saturated carbocycles. The predicted octanol–water partition coefficient (Wildman–Crippen LogP) is 1.63. The topological polar surface area (TPSA) is 94.1 Å². The number of carboxylic acids is 1. The van der Waals surface area contributed by atoms with Crippen LogP contribution in [0, 0.1) is 0 Å². The highest BCUT2D eigenvalue weighted by Gasteiger charge is 2.29. The fourth-order valence-corrected chi connectivity index (χ4v) is 2.48. The van der Waals surface area contributed by atoms with E-state index in [0.717, 1.165) is 5.56 Å². The maximum atomic E-state index is 12.2. The third-order valence-corrected chi connectivity index (χ3v) is 3.53. The molecule has 1 amide bonds. The summed E-state index contributed by atoms with van der Waals surface area (Å²) in [6.45, 7) is 1.78. The van der Waals surface area contributed by atoms with Crippen molar-refractivity contribution in [1.82, 2.24) is 5.32 Å². The molecule has 0 saturated heterocycles. The number of hydrogen-bond donors (Lipinski definition) is 2. The molecule has 0 aliphatic carbocycles. The number of methoxy groups -OCH3 is 3. The third-order valence-electron chi connectivity index (χ3n) is 3.53. The third kappa shape index (κ3) is 6.08. The molecule has 0 aliphatic heterocycles. The second-order valence-electron chi connectivity index (χ2n) is 5.80. The number of ether oxygens (including phenoxy) is 3. The first-order chi connectivity index (χ1) is 11.3. The zero-order valence-electron chi connectivity index (χ0n) is 14.5.